The van der Waals surface area contributed by atoms with Gasteiger partial charge in [0.05, 0.1) is 0 Å². The lowest BCUT2D eigenvalue weighted by molar-refractivity contribution is -0.114. The molecular formula is C16H16N2O2. The van der Waals surface area contributed by atoms with E-state index in [4.69, 9.17) is 0 Å². The van der Waals surface area contributed by atoms with Crippen LogP contribution < -0.4 is 10.6 Å². The molecule has 0 aliphatic carbocycles. The zero-order valence-corrected chi connectivity index (χ0v) is 11.4. The van der Waals surface area contributed by atoms with Gasteiger partial charge in [0.2, 0.25) is 5.91 Å². The predicted molar refractivity (Wildman–Crippen MR) is 79.6 cm³/mol. The summed E-state index contributed by atoms with van der Waals surface area (Å²) in [5, 5.41) is 5.37. The summed E-state index contributed by atoms with van der Waals surface area (Å²) in [5.41, 5.74) is 3.03. The second-order valence-corrected chi connectivity index (χ2v) is 4.39. The van der Waals surface area contributed by atoms with E-state index in [1.165, 1.54) is 6.92 Å². The lowest BCUT2D eigenvalue weighted by Gasteiger charge is -2.10. The number of anilines is 1. The summed E-state index contributed by atoms with van der Waals surface area (Å²) < 4.78 is 0. The molecule has 0 aromatic heterocycles. The van der Waals surface area contributed by atoms with Gasteiger partial charge in [-0.15, -0.1) is 0 Å². The fourth-order valence-corrected chi connectivity index (χ4v) is 2.04. The molecule has 0 unspecified atom stereocenters. The Balaban J connectivity index is 2.46. The van der Waals surface area contributed by atoms with Gasteiger partial charge in [0.1, 0.15) is 0 Å². The van der Waals surface area contributed by atoms with E-state index in [9.17, 15) is 9.59 Å². The Hall–Kier alpha value is -2.62. The largest absolute Gasteiger partial charge is 0.355 e. The molecule has 102 valence electrons. The van der Waals surface area contributed by atoms with Crippen LogP contribution in [0.15, 0.2) is 48.5 Å². The van der Waals surface area contributed by atoms with E-state index in [2.05, 4.69) is 10.6 Å². The van der Waals surface area contributed by atoms with Crippen molar-refractivity contribution in [3.05, 3.63) is 54.1 Å². The van der Waals surface area contributed by atoms with Gasteiger partial charge in [0, 0.05) is 25.2 Å². The van der Waals surface area contributed by atoms with Crippen LogP contribution in [-0.4, -0.2) is 18.9 Å². The van der Waals surface area contributed by atoms with Crippen molar-refractivity contribution < 1.29 is 9.59 Å². The molecule has 0 bridgehead atoms. The van der Waals surface area contributed by atoms with Crippen molar-refractivity contribution in [3.8, 4) is 11.1 Å². The second kappa shape index (κ2) is 6.02. The predicted octanol–water partition coefficient (Wildman–Crippen LogP) is 2.67. The highest BCUT2D eigenvalue weighted by Gasteiger charge is 2.11. The van der Waals surface area contributed by atoms with Gasteiger partial charge in [0.15, 0.2) is 0 Å². The van der Waals surface area contributed by atoms with Gasteiger partial charge in [-0.3, -0.25) is 9.59 Å². The summed E-state index contributed by atoms with van der Waals surface area (Å²) in [4.78, 5) is 23.0. The van der Waals surface area contributed by atoms with Crippen LogP contribution in [0.4, 0.5) is 5.69 Å². The molecule has 0 spiro atoms. The topological polar surface area (TPSA) is 58.2 Å². The van der Waals surface area contributed by atoms with Crippen LogP contribution in [0.3, 0.4) is 0 Å². The van der Waals surface area contributed by atoms with Gasteiger partial charge in [-0.25, -0.2) is 0 Å². The van der Waals surface area contributed by atoms with Gasteiger partial charge in [-0.2, -0.15) is 0 Å². The van der Waals surface area contributed by atoms with Crippen molar-refractivity contribution in [1.82, 2.24) is 5.32 Å². The monoisotopic (exact) mass is 268 g/mol. The Kier molecular flexibility index (Phi) is 4.15. The van der Waals surface area contributed by atoms with Gasteiger partial charge in [-0.05, 0) is 29.3 Å². The molecule has 2 amide bonds. The van der Waals surface area contributed by atoms with Gasteiger partial charge in [0.25, 0.3) is 5.91 Å². The average molecular weight is 268 g/mol. The maximum absolute atomic E-state index is 11.9. The quantitative estimate of drug-likeness (QED) is 0.899. The van der Waals surface area contributed by atoms with Crippen LogP contribution >= 0.6 is 0 Å². The Morgan fingerprint density at radius 1 is 1.00 bits per heavy atom. The van der Waals surface area contributed by atoms with E-state index in [0.717, 1.165) is 11.1 Å². The first-order chi connectivity index (χ1) is 9.61. The van der Waals surface area contributed by atoms with E-state index >= 15 is 0 Å². The molecule has 0 atom stereocenters. The number of rotatable bonds is 3. The molecule has 2 N–H and O–H groups in total. The number of hydrogen-bond donors (Lipinski definition) is 2. The Bertz CT molecular complexity index is 650. The molecule has 0 saturated heterocycles. The number of carbonyl (C=O) groups excluding carboxylic acids is 2. The van der Waals surface area contributed by atoms with Crippen LogP contribution in [0.25, 0.3) is 11.1 Å². The summed E-state index contributed by atoms with van der Waals surface area (Å²) in [6.07, 6.45) is 0. The molecule has 0 saturated carbocycles. The molecule has 20 heavy (non-hydrogen) atoms. The highest BCUT2D eigenvalue weighted by Crippen LogP contribution is 2.26. The third kappa shape index (κ3) is 3.03. The highest BCUT2D eigenvalue weighted by molar-refractivity contribution is 6.01. The molecule has 0 heterocycles. The van der Waals surface area contributed by atoms with Crippen molar-refractivity contribution in [3.63, 3.8) is 0 Å². The minimum atomic E-state index is -0.134. The van der Waals surface area contributed by atoms with Crippen LogP contribution in [-0.2, 0) is 4.79 Å². The standard InChI is InChI=1S/C16H16N2O2/c1-11(19)18-13-7-5-6-12(10-13)14-8-3-4-9-15(14)16(20)17-2/h3-10H,1-2H3,(H,17,20)(H,18,19). The van der Waals surface area contributed by atoms with Crippen LogP contribution in [0, 0.1) is 0 Å². The molecule has 2 rings (SSSR count). The van der Waals surface area contributed by atoms with Crippen molar-refractivity contribution in [2.24, 2.45) is 0 Å². The first kappa shape index (κ1) is 13.8. The summed E-state index contributed by atoms with van der Waals surface area (Å²) in [7, 11) is 1.60. The first-order valence-corrected chi connectivity index (χ1v) is 6.31. The Morgan fingerprint density at radius 2 is 1.75 bits per heavy atom. The summed E-state index contributed by atoms with van der Waals surface area (Å²) in [5.74, 6) is -0.257. The van der Waals surface area contributed by atoms with E-state index in [1.54, 1.807) is 13.1 Å². The molecule has 2 aromatic carbocycles. The Labute approximate surface area is 117 Å². The zero-order chi connectivity index (χ0) is 14.5. The van der Waals surface area contributed by atoms with E-state index in [1.807, 2.05) is 42.5 Å². The number of benzene rings is 2. The lowest BCUT2D eigenvalue weighted by atomic mass is 9.99. The number of nitrogens with one attached hydrogen (secondary N) is 2. The van der Waals surface area contributed by atoms with Crippen molar-refractivity contribution in [2.45, 2.75) is 6.92 Å². The number of amides is 2. The molecule has 0 radical (unpaired) electrons. The summed E-state index contributed by atoms with van der Waals surface area (Å²) in [6, 6.07) is 14.8. The fourth-order valence-electron chi connectivity index (χ4n) is 2.04. The van der Waals surface area contributed by atoms with E-state index in [-0.39, 0.29) is 11.8 Å². The smallest absolute Gasteiger partial charge is 0.251 e. The molecule has 2 aromatic rings. The van der Waals surface area contributed by atoms with Crippen molar-refractivity contribution in [2.75, 3.05) is 12.4 Å². The fraction of sp³-hybridized carbons (Fsp3) is 0.125. The van der Waals surface area contributed by atoms with Gasteiger partial charge < -0.3 is 10.6 Å². The zero-order valence-electron chi connectivity index (χ0n) is 11.4. The maximum Gasteiger partial charge on any atom is 0.251 e. The Morgan fingerprint density at radius 3 is 2.45 bits per heavy atom. The molecule has 0 aliphatic heterocycles. The highest BCUT2D eigenvalue weighted by atomic mass is 16.2. The number of carbonyl (C=O) groups is 2. The molecule has 4 nitrogen and oxygen atoms in total. The second-order valence-electron chi connectivity index (χ2n) is 4.39. The van der Waals surface area contributed by atoms with E-state index < -0.39 is 0 Å². The van der Waals surface area contributed by atoms with Crippen LogP contribution in [0.1, 0.15) is 17.3 Å². The normalized spacial score (nSPS) is 9.90. The minimum absolute atomic E-state index is 0.123. The van der Waals surface area contributed by atoms with Crippen LogP contribution in [0.2, 0.25) is 0 Å². The van der Waals surface area contributed by atoms with Crippen LogP contribution in [0.5, 0.6) is 0 Å². The third-order valence-corrected chi connectivity index (χ3v) is 2.89. The lowest BCUT2D eigenvalue weighted by Crippen LogP contribution is -2.18. The first-order valence-electron chi connectivity index (χ1n) is 6.31. The molecule has 0 fully saturated rings. The number of hydrogen-bond acceptors (Lipinski definition) is 2. The maximum atomic E-state index is 11.9. The minimum Gasteiger partial charge on any atom is -0.355 e. The van der Waals surface area contributed by atoms with Gasteiger partial charge in [-0.1, -0.05) is 30.3 Å². The van der Waals surface area contributed by atoms with Crippen molar-refractivity contribution >= 4 is 17.5 Å². The summed E-state index contributed by atoms with van der Waals surface area (Å²) >= 11 is 0. The van der Waals surface area contributed by atoms with Gasteiger partial charge >= 0.3 is 0 Å². The summed E-state index contributed by atoms with van der Waals surface area (Å²) in [6.45, 7) is 1.46. The molecular weight excluding hydrogens is 252 g/mol. The molecule has 0 aliphatic rings. The average Bonchev–Trinajstić information content (AvgIpc) is 2.46. The third-order valence-electron chi connectivity index (χ3n) is 2.89. The molecule has 4 heteroatoms. The van der Waals surface area contributed by atoms with Crippen molar-refractivity contribution in [1.29, 1.82) is 0 Å². The SMILES string of the molecule is CNC(=O)c1ccccc1-c1cccc(NC(C)=O)c1. The van der Waals surface area contributed by atoms with E-state index in [0.29, 0.717) is 11.3 Å².